The van der Waals surface area contributed by atoms with Gasteiger partial charge in [-0.05, 0) is 73.0 Å². The molecule has 1 amide bonds. The van der Waals surface area contributed by atoms with E-state index >= 15 is 0 Å². The molecule has 0 atom stereocenters. The molecule has 10 heteroatoms. The van der Waals surface area contributed by atoms with Crippen molar-refractivity contribution < 1.29 is 31.1 Å². The summed E-state index contributed by atoms with van der Waals surface area (Å²) in [7, 11) is -4.02. The second kappa shape index (κ2) is 9.14. The van der Waals surface area contributed by atoms with Gasteiger partial charge < -0.3 is 10.1 Å². The van der Waals surface area contributed by atoms with Gasteiger partial charge in [0.15, 0.2) is 0 Å². The molecule has 0 spiro atoms. The van der Waals surface area contributed by atoms with Gasteiger partial charge in [-0.1, -0.05) is 12.1 Å². The van der Waals surface area contributed by atoms with Gasteiger partial charge in [0.05, 0.1) is 10.6 Å². The maximum absolute atomic E-state index is 13.4. The number of sulfonamides is 1. The number of carbonyl (C=O) groups is 1. The fraction of sp³-hybridized carbons (Fsp3) is 0.174. The summed E-state index contributed by atoms with van der Waals surface area (Å²) >= 11 is 0. The van der Waals surface area contributed by atoms with E-state index in [2.05, 4.69) is 10.1 Å². The van der Waals surface area contributed by atoms with Crippen molar-refractivity contribution in [2.24, 2.45) is 0 Å². The molecule has 1 N–H and O–H groups in total. The lowest BCUT2D eigenvalue weighted by Gasteiger charge is -2.31. The molecule has 0 radical (unpaired) electrons. The zero-order valence-electron chi connectivity index (χ0n) is 17.2. The quantitative estimate of drug-likeness (QED) is 0.554. The van der Waals surface area contributed by atoms with Crippen LogP contribution in [0.1, 0.15) is 22.3 Å². The number of nitrogens with one attached hydrogen (secondary N) is 1. The number of carbonyl (C=O) groups excluding carboxylic acids is 1. The van der Waals surface area contributed by atoms with Crippen LogP contribution in [0.2, 0.25) is 0 Å². The summed E-state index contributed by atoms with van der Waals surface area (Å²) in [4.78, 5) is 12.6. The summed E-state index contributed by atoms with van der Waals surface area (Å²) in [6.45, 7) is -2.82. The first-order chi connectivity index (χ1) is 15.7. The number of amides is 1. The van der Waals surface area contributed by atoms with Crippen LogP contribution in [0.15, 0.2) is 71.6 Å². The molecular formula is C23H19F3N2O4S. The third kappa shape index (κ3) is 4.95. The lowest BCUT2D eigenvalue weighted by atomic mass is 10.0. The molecule has 1 aliphatic heterocycles. The molecule has 6 nitrogen and oxygen atoms in total. The standard InChI is InChI=1S/C23H19F3N2O4S/c24-17-4-1-5-18(14-17)27-22(29)16-7-6-15-3-2-12-28(21(15)13-16)33(30,31)20-10-8-19(9-11-20)32-23(25)26/h1,4-11,13-14,23H,2-3,12H2,(H,27,29). The van der Waals surface area contributed by atoms with Crippen LogP contribution in [0.3, 0.4) is 0 Å². The van der Waals surface area contributed by atoms with Gasteiger partial charge in [-0.2, -0.15) is 8.78 Å². The van der Waals surface area contributed by atoms with E-state index in [1.807, 2.05) is 0 Å². The number of halogens is 3. The Morgan fingerprint density at radius 2 is 1.79 bits per heavy atom. The minimum absolute atomic E-state index is 0.0911. The number of fused-ring (bicyclic) bond motifs is 1. The first-order valence-corrected chi connectivity index (χ1v) is 11.5. The van der Waals surface area contributed by atoms with Crippen molar-refractivity contribution in [2.45, 2.75) is 24.3 Å². The lowest BCUT2D eigenvalue weighted by Crippen LogP contribution is -2.35. The minimum atomic E-state index is -4.02. The molecular weight excluding hydrogens is 457 g/mol. The molecule has 0 aromatic heterocycles. The molecule has 3 aromatic rings. The van der Waals surface area contributed by atoms with Gasteiger partial charge in [0.1, 0.15) is 11.6 Å². The lowest BCUT2D eigenvalue weighted by molar-refractivity contribution is -0.0498. The van der Waals surface area contributed by atoms with Crippen molar-refractivity contribution in [1.82, 2.24) is 0 Å². The zero-order chi connectivity index (χ0) is 23.6. The summed E-state index contributed by atoms with van der Waals surface area (Å²) in [6, 6.07) is 14.9. The van der Waals surface area contributed by atoms with Gasteiger partial charge in [0, 0.05) is 17.8 Å². The average Bonchev–Trinajstić information content (AvgIpc) is 2.78. The van der Waals surface area contributed by atoms with E-state index in [4.69, 9.17) is 0 Å². The molecule has 0 saturated carbocycles. The van der Waals surface area contributed by atoms with Crippen LogP contribution in [-0.2, 0) is 16.4 Å². The summed E-state index contributed by atoms with van der Waals surface area (Å²) < 4.78 is 70.2. The van der Waals surface area contributed by atoms with Crippen LogP contribution >= 0.6 is 0 Å². The second-order valence-electron chi connectivity index (χ2n) is 7.34. The number of ether oxygens (including phenoxy) is 1. The topological polar surface area (TPSA) is 75.7 Å². The van der Waals surface area contributed by atoms with E-state index in [0.717, 1.165) is 17.7 Å². The Kier molecular flexibility index (Phi) is 6.28. The molecule has 3 aromatic carbocycles. The normalized spacial score (nSPS) is 13.5. The van der Waals surface area contributed by atoms with E-state index in [1.165, 1.54) is 46.8 Å². The molecule has 1 heterocycles. The van der Waals surface area contributed by atoms with Crippen molar-refractivity contribution in [3.05, 3.63) is 83.7 Å². The third-order valence-corrected chi connectivity index (χ3v) is 6.97. The van der Waals surface area contributed by atoms with Gasteiger partial charge in [-0.3, -0.25) is 9.10 Å². The van der Waals surface area contributed by atoms with Crippen molar-refractivity contribution in [1.29, 1.82) is 0 Å². The summed E-state index contributed by atoms with van der Waals surface area (Å²) in [5.74, 6) is -1.17. The van der Waals surface area contributed by atoms with Crippen molar-refractivity contribution in [3.8, 4) is 5.75 Å². The highest BCUT2D eigenvalue weighted by molar-refractivity contribution is 7.92. The van der Waals surface area contributed by atoms with Crippen LogP contribution in [0.5, 0.6) is 5.75 Å². The Bertz CT molecular complexity index is 1280. The minimum Gasteiger partial charge on any atom is -0.435 e. The number of alkyl halides is 2. The van der Waals surface area contributed by atoms with Crippen LogP contribution in [0, 0.1) is 5.82 Å². The third-order valence-electron chi connectivity index (χ3n) is 5.14. The van der Waals surface area contributed by atoms with Gasteiger partial charge in [0.25, 0.3) is 15.9 Å². The number of benzene rings is 3. The van der Waals surface area contributed by atoms with Gasteiger partial charge in [-0.25, -0.2) is 12.8 Å². The Morgan fingerprint density at radius 1 is 1.03 bits per heavy atom. The van der Waals surface area contributed by atoms with Crippen LogP contribution in [0.25, 0.3) is 0 Å². The van der Waals surface area contributed by atoms with E-state index in [1.54, 1.807) is 12.1 Å². The first kappa shape index (κ1) is 22.7. The Morgan fingerprint density at radius 3 is 2.48 bits per heavy atom. The molecule has 4 rings (SSSR count). The highest BCUT2D eigenvalue weighted by Gasteiger charge is 2.30. The highest BCUT2D eigenvalue weighted by Crippen LogP contribution is 2.33. The molecule has 0 aliphatic carbocycles. The predicted octanol–water partition coefficient (Wildman–Crippen LogP) is 4.82. The second-order valence-corrected chi connectivity index (χ2v) is 9.20. The monoisotopic (exact) mass is 476 g/mol. The molecule has 33 heavy (non-hydrogen) atoms. The van der Waals surface area contributed by atoms with Crippen LogP contribution in [-0.4, -0.2) is 27.5 Å². The molecule has 0 bridgehead atoms. The number of anilines is 2. The summed E-state index contributed by atoms with van der Waals surface area (Å²) in [5, 5.41) is 2.59. The van der Waals surface area contributed by atoms with Crippen LogP contribution in [0.4, 0.5) is 24.5 Å². The number of hydrogen-bond acceptors (Lipinski definition) is 4. The largest absolute Gasteiger partial charge is 0.435 e. The number of aryl methyl sites for hydroxylation is 1. The number of nitrogens with zero attached hydrogens (tertiary/aromatic N) is 1. The van der Waals surface area contributed by atoms with E-state index < -0.39 is 28.4 Å². The fourth-order valence-electron chi connectivity index (χ4n) is 3.62. The number of rotatable bonds is 6. The first-order valence-electron chi connectivity index (χ1n) is 10.0. The summed E-state index contributed by atoms with van der Waals surface area (Å²) in [6.07, 6.45) is 1.21. The zero-order valence-corrected chi connectivity index (χ0v) is 18.0. The maximum Gasteiger partial charge on any atom is 0.387 e. The predicted molar refractivity (Wildman–Crippen MR) is 117 cm³/mol. The molecule has 172 valence electrons. The van der Waals surface area contributed by atoms with Crippen molar-refractivity contribution in [2.75, 3.05) is 16.2 Å². The van der Waals surface area contributed by atoms with Gasteiger partial charge in [0.2, 0.25) is 0 Å². The summed E-state index contributed by atoms with van der Waals surface area (Å²) in [5.41, 5.74) is 1.60. The molecule has 0 saturated heterocycles. The fourth-order valence-corrected chi connectivity index (χ4v) is 5.15. The molecule has 0 unspecified atom stereocenters. The molecule has 1 aliphatic rings. The van der Waals surface area contributed by atoms with Gasteiger partial charge in [-0.15, -0.1) is 0 Å². The number of hydrogen-bond donors (Lipinski definition) is 1. The highest BCUT2D eigenvalue weighted by atomic mass is 32.2. The van der Waals surface area contributed by atoms with E-state index in [9.17, 15) is 26.4 Å². The van der Waals surface area contributed by atoms with Crippen LogP contribution < -0.4 is 14.4 Å². The Balaban J connectivity index is 1.63. The Labute approximate surface area is 188 Å². The van der Waals surface area contributed by atoms with Crippen molar-refractivity contribution >= 4 is 27.3 Å². The smallest absolute Gasteiger partial charge is 0.387 e. The maximum atomic E-state index is 13.4. The van der Waals surface area contributed by atoms with Gasteiger partial charge >= 0.3 is 6.61 Å². The Hall–Kier alpha value is -3.53. The average molecular weight is 476 g/mol. The SMILES string of the molecule is O=C(Nc1cccc(F)c1)c1ccc2c(c1)N(S(=O)(=O)c1ccc(OC(F)F)cc1)CCC2. The molecule has 0 fully saturated rings. The van der Waals surface area contributed by atoms with Crippen molar-refractivity contribution in [3.63, 3.8) is 0 Å². The van der Waals surface area contributed by atoms with E-state index in [-0.39, 0.29) is 28.4 Å². The van der Waals surface area contributed by atoms with E-state index in [0.29, 0.717) is 18.5 Å².